The highest BCUT2D eigenvalue weighted by atomic mass is 32.2. The van der Waals surface area contributed by atoms with Gasteiger partial charge in [0.2, 0.25) is 0 Å². The fraction of sp³-hybridized carbons (Fsp3) is 0.611. The highest BCUT2D eigenvalue weighted by Crippen LogP contribution is 2.38. The zero-order chi connectivity index (χ0) is 23.1. The van der Waals surface area contributed by atoms with Gasteiger partial charge in [-0.1, -0.05) is 0 Å². The number of hydroxylamine groups is 2. The van der Waals surface area contributed by atoms with Crippen molar-refractivity contribution in [1.82, 2.24) is 10.0 Å². The van der Waals surface area contributed by atoms with Gasteiger partial charge in [-0.3, -0.25) is 10.0 Å². The first-order chi connectivity index (χ1) is 13.5. The minimum atomic E-state index is -4.48. The van der Waals surface area contributed by atoms with Crippen LogP contribution in [0.5, 0.6) is 0 Å². The molecule has 1 aromatic rings. The second-order valence-corrected chi connectivity index (χ2v) is 10.7. The summed E-state index contributed by atoms with van der Waals surface area (Å²) in [7, 11) is -4.21. The Morgan fingerprint density at radius 2 is 1.87 bits per heavy atom. The Kier molecular flexibility index (Phi) is 6.26. The van der Waals surface area contributed by atoms with Gasteiger partial charge in [-0.25, -0.2) is 18.5 Å². The predicted molar refractivity (Wildman–Crippen MR) is 102 cm³/mol. The number of aryl methyl sites for hydroxylation is 1. The molecule has 0 atom stereocenters. The minimum absolute atomic E-state index is 0.183. The molecule has 2 rings (SSSR count). The minimum Gasteiger partial charge on any atom is -0.445 e. The summed E-state index contributed by atoms with van der Waals surface area (Å²) in [5.41, 5.74) is -0.465. The highest BCUT2D eigenvalue weighted by Gasteiger charge is 2.44. The van der Waals surface area contributed by atoms with Crippen LogP contribution in [0.1, 0.15) is 52.2 Å². The Labute approximate surface area is 172 Å². The van der Waals surface area contributed by atoms with E-state index < -0.39 is 50.7 Å². The van der Waals surface area contributed by atoms with Crippen LogP contribution in [0.2, 0.25) is 0 Å². The third kappa shape index (κ3) is 4.75. The van der Waals surface area contributed by atoms with E-state index in [0.717, 1.165) is 13.8 Å². The molecule has 30 heavy (non-hydrogen) atoms. The van der Waals surface area contributed by atoms with Crippen LogP contribution < -0.4 is 0 Å². The Morgan fingerprint density at radius 3 is 2.33 bits per heavy atom. The van der Waals surface area contributed by atoms with Crippen molar-refractivity contribution < 1.29 is 36.0 Å². The lowest BCUT2D eigenvalue weighted by molar-refractivity contribution is -0.134. The number of hydrogen-bond donors (Lipinski definition) is 1. The number of halogens is 3. The van der Waals surface area contributed by atoms with Gasteiger partial charge in [0.25, 0.3) is 5.91 Å². The molecule has 1 aliphatic rings. The molecule has 0 aliphatic carbocycles. The second-order valence-electron chi connectivity index (χ2n) is 8.03. The molecule has 0 radical (unpaired) electrons. The van der Waals surface area contributed by atoms with Gasteiger partial charge in [0.15, 0.2) is 21.6 Å². The van der Waals surface area contributed by atoms with Crippen LogP contribution >= 0.6 is 0 Å². The van der Waals surface area contributed by atoms with E-state index >= 15 is 0 Å². The standard InChI is InChI=1S/C18H24F3N3O5S/c1-11-22-10-13(29-11)16(2,3)12-9-14(24(12)26)23-15(25)17(4,5)30(27,28)8-6-7-18(19,20)21/h9-10,26H,6-8H2,1-5H3. The summed E-state index contributed by atoms with van der Waals surface area (Å²) in [5, 5.41) is 10.9. The molecule has 168 valence electrons. The first-order valence-electron chi connectivity index (χ1n) is 9.05. The smallest absolute Gasteiger partial charge is 0.389 e. The van der Waals surface area contributed by atoms with Crippen LogP contribution in [-0.2, 0) is 20.0 Å². The lowest BCUT2D eigenvalue weighted by Crippen LogP contribution is -2.46. The molecule has 2 heterocycles. The summed E-state index contributed by atoms with van der Waals surface area (Å²) >= 11 is 0. The molecule has 0 fully saturated rings. The molecular formula is C18H24F3N3O5S. The van der Waals surface area contributed by atoms with Crippen LogP contribution in [0.4, 0.5) is 13.2 Å². The van der Waals surface area contributed by atoms with Gasteiger partial charge in [0.1, 0.15) is 10.5 Å². The van der Waals surface area contributed by atoms with Crippen molar-refractivity contribution in [2.75, 3.05) is 5.75 Å². The highest BCUT2D eigenvalue weighted by molar-refractivity contribution is 7.93. The third-order valence-corrected chi connectivity index (χ3v) is 7.53. The number of oxazole rings is 1. The summed E-state index contributed by atoms with van der Waals surface area (Å²) in [6, 6.07) is 0. The lowest BCUT2D eigenvalue weighted by atomic mass is 9.83. The molecule has 12 heteroatoms. The molecule has 0 spiro atoms. The number of sulfone groups is 1. The third-order valence-electron chi connectivity index (χ3n) is 4.97. The number of carbonyl (C=O) groups is 1. The van der Waals surface area contributed by atoms with Gasteiger partial charge >= 0.3 is 6.18 Å². The maximum Gasteiger partial charge on any atom is 0.389 e. The van der Waals surface area contributed by atoms with E-state index in [-0.39, 0.29) is 5.84 Å². The van der Waals surface area contributed by atoms with Gasteiger partial charge < -0.3 is 4.42 Å². The van der Waals surface area contributed by atoms with Gasteiger partial charge in [0.05, 0.1) is 23.1 Å². The van der Waals surface area contributed by atoms with Gasteiger partial charge in [-0.15, -0.1) is 0 Å². The van der Waals surface area contributed by atoms with Gasteiger partial charge in [-0.2, -0.15) is 18.2 Å². The van der Waals surface area contributed by atoms with E-state index in [0.29, 0.717) is 22.4 Å². The van der Waals surface area contributed by atoms with Crippen LogP contribution in [0.15, 0.2) is 27.4 Å². The molecule has 1 aliphatic heterocycles. The van der Waals surface area contributed by atoms with E-state index in [1.807, 2.05) is 0 Å². The van der Waals surface area contributed by atoms with Gasteiger partial charge in [0, 0.05) is 19.4 Å². The topological polar surface area (TPSA) is 113 Å². The number of amides is 1. The lowest BCUT2D eigenvalue weighted by Gasteiger charge is -2.37. The molecule has 0 bridgehead atoms. The number of hydrogen-bond acceptors (Lipinski definition) is 6. The number of aromatic nitrogens is 1. The van der Waals surface area contributed by atoms with E-state index in [4.69, 9.17) is 4.42 Å². The number of alkyl halides is 3. The van der Waals surface area contributed by atoms with Crippen molar-refractivity contribution in [1.29, 1.82) is 0 Å². The zero-order valence-corrected chi connectivity index (χ0v) is 18.1. The van der Waals surface area contributed by atoms with Crippen molar-refractivity contribution in [2.24, 2.45) is 4.99 Å². The predicted octanol–water partition coefficient (Wildman–Crippen LogP) is 3.31. The first-order valence-corrected chi connectivity index (χ1v) is 10.7. The molecular weight excluding hydrogens is 427 g/mol. The average Bonchev–Trinajstić information content (AvgIpc) is 3.03. The average molecular weight is 451 g/mol. The summed E-state index contributed by atoms with van der Waals surface area (Å²) in [6.07, 6.45) is -3.51. The summed E-state index contributed by atoms with van der Waals surface area (Å²) < 4.78 is 65.0. The van der Waals surface area contributed by atoms with E-state index in [1.165, 1.54) is 12.3 Å². The molecule has 8 nitrogen and oxygen atoms in total. The van der Waals surface area contributed by atoms with Crippen molar-refractivity contribution in [3.8, 4) is 0 Å². The van der Waals surface area contributed by atoms with E-state index in [1.54, 1.807) is 20.8 Å². The Morgan fingerprint density at radius 1 is 1.27 bits per heavy atom. The number of amidine groups is 1. The van der Waals surface area contributed by atoms with Crippen LogP contribution in [0.3, 0.4) is 0 Å². The Bertz CT molecular complexity index is 991. The second kappa shape index (κ2) is 7.80. The number of aliphatic imine (C=N–C) groups is 1. The summed E-state index contributed by atoms with van der Waals surface area (Å²) in [5.74, 6) is -1.19. The number of carbonyl (C=O) groups excluding carboxylic acids is 1. The van der Waals surface area contributed by atoms with Crippen LogP contribution in [-0.4, -0.2) is 52.1 Å². The molecule has 1 amide bonds. The zero-order valence-electron chi connectivity index (χ0n) is 17.2. The van der Waals surface area contributed by atoms with Gasteiger partial charge in [-0.05, 0) is 34.1 Å². The molecule has 1 N–H and O–H groups in total. The molecule has 0 aromatic carbocycles. The number of nitrogens with zero attached hydrogens (tertiary/aromatic N) is 3. The Hall–Kier alpha value is -2.21. The van der Waals surface area contributed by atoms with Crippen molar-refractivity contribution in [3.63, 3.8) is 0 Å². The summed E-state index contributed by atoms with van der Waals surface area (Å²) in [6.45, 7) is 7.31. The number of allylic oxidation sites excluding steroid dienone is 1. The normalized spacial score (nSPS) is 17.2. The van der Waals surface area contributed by atoms with Crippen LogP contribution in [0, 0.1) is 6.92 Å². The van der Waals surface area contributed by atoms with Crippen molar-refractivity contribution in [2.45, 2.75) is 63.8 Å². The molecule has 0 saturated carbocycles. The maximum absolute atomic E-state index is 12.5. The van der Waals surface area contributed by atoms with Crippen molar-refractivity contribution in [3.05, 3.63) is 29.6 Å². The first kappa shape index (κ1) is 24.1. The van der Waals surface area contributed by atoms with Crippen molar-refractivity contribution >= 4 is 21.6 Å². The molecule has 1 aromatic heterocycles. The SMILES string of the molecule is Cc1ncc(C(C)(C)C2=CC(=NC(=O)C(C)(C)S(=O)(=O)CCCC(F)(F)F)N2O)o1. The summed E-state index contributed by atoms with van der Waals surface area (Å²) in [4.78, 5) is 20.1. The maximum atomic E-state index is 12.5. The molecule has 0 saturated heterocycles. The molecule has 0 unspecified atom stereocenters. The monoisotopic (exact) mass is 451 g/mol. The van der Waals surface area contributed by atoms with E-state index in [2.05, 4.69) is 9.98 Å². The van der Waals surface area contributed by atoms with E-state index in [9.17, 15) is 31.6 Å². The largest absolute Gasteiger partial charge is 0.445 e. The van der Waals surface area contributed by atoms with Crippen LogP contribution in [0.25, 0.3) is 0 Å². The fourth-order valence-electron chi connectivity index (χ4n) is 2.69. The number of rotatable bonds is 7. The fourth-order valence-corrected chi connectivity index (χ4v) is 4.04. The quantitative estimate of drug-likeness (QED) is 0.677. The Balaban J connectivity index is 2.17.